The molecule has 0 radical (unpaired) electrons. The molecule has 0 saturated carbocycles. The molecule has 5 nitrogen and oxygen atoms in total. The van der Waals surface area contributed by atoms with Crippen LogP contribution in [-0.4, -0.2) is 36.0 Å². The highest BCUT2D eigenvalue weighted by molar-refractivity contribution is 6.07. The average molecular weight is 314 g/mol. The fraction of sp³-hybridized carbons (Fsp3) is 0.556. The van der Waals surface area contributed by atoms with Gasteiger partial charge in [0, 0.05) is 17.3 Å². The number of fused-ring (bicyclic) bond motifs is 4. The topological polar surface area (TPSA) is 58.6 Å². The molecule has 3 heterocycles. The van der Waals surface area contributed by atoms with Crippen LogP contribution in [0.1, 0.15) is 37.3 Å². The number of rotatable bonds is 2. The van der Waals surface area contributed by atoms with Crippen molar-refractivity contribution in [2.75, 3.05) is 18.5 Å². The van der Waals surface area contributed by atoms with E-state index in [2.05, 4.69) is 10.2 Å². The maximum Gasteiger partial charge on any atom is 0.310 e. The van der Waals surface area contributed by atoms with Crippen LogP contribution in [0.4, 0.5) is 5.69 Å². The molecular formula is C18H22N2O3. The van der Waals surface area contributed by atoms with Crippen molar-refractivity contribution >= 4 is 17.6 Å². The third-order valence-corrected chi connectivity index (χ3v) is 5.69. The maximum absolute atomic E-state index is 13.0. The number of nitrogens with zero attached hydrogens (tertiary/aromatic N) is 1. The molecular weight excluding hydrogens is 292 g/mol. The largest absolute Gasteiger partial charge is 0.466 e. The van der Waals surface area contributed by atoms with Gasteiger partial charge in [-0.3, -0.25) is 14.5 Å². The van der Waals surface area contributed by atoms with Gasteiger partial charge in [-0.25, -0.2) is 0 Å². The summed E-state index contributed by atoms with van der Waals surface area (Å²) in [5, 5.41) is 3.07. The minimum atomic E-state index is -0.694. The van der Waals surface area contributed by atoms with Gasteiger partial charge in [-0.15, -0.1) is 0 Å². The lowest BCUT2D eigenvalue weighted by Crippen LogP contribution is -2.47. The molecule has 1 amide bonds. The molecule has 2 fully saturated rings. The van der Waals surface area contributed by atoms with Crippen molar-refractivity contribution in [3.63, 3.8) is 0 Å². The Labute approximate surface area is 136 Å². The summed E-state index contributed by atoms with van der Waals surface area (Å²) < 4.78 is 5.29. The van der Waals surface area contributed by atoms with E-state index in [0.717, 1.165) is 36.2 Å². The van der Waals surface area contributed by atoms with Crippen LogP contribution in [-0.2, 0) is 19.9 Å². The summed E-state index contributed by atoms with van der Waals surface area (Å²) in [6.45, 7) is 5.09. The Morgan fingerprint density at radius 3 is 3.09 bits per heavy atom. The van der Waals surface area contributed by atoms with E-state index in [-0.39, 0.29) is 23.8 Å². The van der Waals surface area contributed by atoms with E-state index >= 15 is 0 Å². The molecule has 0 unspecified atom stereocenters. The SMILES string of the molecule is CCOC(=O)[C@@H]1C[C@@]2(C(=O)Nc3c(C)cccc32)N2CCC[C@@H]12. The van der Waals surface area contributed by atoms with Crippen LogP contribution in [0, 0.1) is 12.8 Å². The van der Waals surface area contributed by atoms with Crippen LogP contribution in [0.3, 0.4) is 0 Å². The summed E-state index contributed by atoms with van der Waals surface area (Å²) in [6, 6.07) is 6.16. The summed E-state index contributed by atoms with van der Waals surface area (Å²) in [7, 11) is 0. The second-order valence-corrected chi connectivity index (χ2v) is 6.78. The summed E-state index contributed by atoms with van der Waals surface area (Å²) >= 11 is 0. The van der Waals surface area contributed by atoms with Gasteiger partial charge in [0.25, 0.3) is 0 Å². The van der Waals surface area contributed by atoms with Gasteiger partial charge in [-0.2, -0.15) is 0 Å². The molecule has 0 bridgehead atoms. The smallest absolute Gasteiger partial charge is 0.310 e. The van der Waals surface area contributed by atoms with Crippen LogP contribution >= 0.6 is 0 Å². The van der Waals surface area contributed by atoms with Crippen molar-refractivity contribution in [3.05, 3.63) is 29.3 Å². The van der Waals surface area contributed by atoms with Crippen molar-refractivity contribution in [3.8, 4) is 0 Å². The lowest BCUT2D eigenvalue weighted by atomic mass is 9.84. The highest BCUT2D eigenvalue weighted by Gasteiger charge is 2.63. The van der Waals surface area contributed by atoms with Gasteiger partial charge in [0.05, 0.1) is 12.5 Å². The van der Waals surface area contributed by atoms with E-state index in [1.165, 1.54) is 0 Å². The van der Waals surface area contributed by atoms with Gasteiger partial charge in [0.2, 0.25) is 5.91 Å². The molecule has 122 valence electrons. The number of carbonyl (C=O) groups is 2. The normalized spacial score (nSPS) is 32.0. The fourth-order valence-corrected chi connectivity index (χ4v) is 4.75. The second-order valence-electron chi connectivity index (χ2n) is 6.78. The average Bonchev–Trinajstić information content (AvgIpc) is 3.17. The maximum atomic E-state index is 13.0. The summed E-state index contributed by atoms with van der Waals surface area (Å²) in [6.07, 6.45) is 2.51. The highest BCUT2D eigenvalue weighted by Crippen LogP contribution is 2.54. The molecule has 1 aromatic carbocycles. The van der Waals surface area contributed by atoms with Gasteiger partial charge < -0.3 is 10.1 Å². The number of esters is 1. The lowest BCUT2D eigenvalue weighted by Gasteiger charge is -2.32. The summed E-state index contributed by atoms with van der Waals surface area (Å²) in [5.74, 6) is -0.356. The molecule has 3 aliphatic heterocycles. The number of ether oxygens (including phenoxy) is 1. The number of hydrogen-bond donors (Lipinski definition) is 1. The first-order valence-electron chi connectivity index (χ1n) is 8.44. The number of aryl methyl sites for hydroxylation is 1. The number of anilines is 1. The minimum absolute atomic E-state index is 0.0144. The Balaban J connectivity index is 1.81. The van der Waals surface area contributed by atoms with Crippen LogP contribution in [0.5, 0.6) is 0 Å². The zero-order valence-corrected chi connectivity index (χ0v) is 13.6. The fourth-order valence-electron chi connectivity index (χ4n) is 4.75. The summed E-state index contributed by atoms with van der Waals surface area (Å²) in [4.78, 5) is 27.7. The van der Waals surface area contributed by atoms with Crippen LogP contribution < -0.4 is 5.32 Å². The molecule has 0 aromatic heterocycles. The molecule has 0 aliphatic carbocycles. The number of para-hydroxylation sites is 1. The van der Waals surface area contributed by atoms with Gasteiger partial charge in [0.15, 0.2) is 0 Å². The quantitative estimate of drug-likeness (QED) is 0.850. The van der Waals surface area contributed by atoms with E-state index in [0.29, 0.717) is 13.0 Å². The van der Waals surface area contributed by atoms with Gasteiger partial charge in [-0.1, -0.05) is 18.2 Å². The Bertz CT molecular complexity index is 687. The first kappa shape index (κ1) is 14.7. The Hall–Kier alpha value is -1.88. The monoisotopic (exact) mass is 314 g/mol. The molecule has 1 aromatic rings. The first-order chi connectivity index (χ1) is 11.1. The number of carbonyl (C=O) groups excluding carboxylic acids is 2. The second kappa shape index (κ2) is 5.06. The summed E-state index contributed by atoms with van der Waals surface area (Å²) in [5.41, 5.74) is 2.33. The third-order valence-electron chi connectivity index (χ3n) is 5.69. The van der Waals surface area contributed by atoms with E-state index in [9.17, 15) is 9.59 Å². The Morgan fingerprint density at radius 1 is 1.48 bits per heavy atom. The van der Waals surface area contributed by atoms with Crippen LogP contribution in [0.2, 0.25) is 0 Å². The van der Waals surface area contributed by atoms with E-state index < -0.39 is 5.54 Å². The molecule has 3 atom stereocenters. The van der Waals surface area contributed by atoms with Crippen LogP contribution in [0.15, 0.2) is 18.2 Å². The predicted molar refractivity (Wildman–Crippen MR) is 86.0 cm³/mol. The van der Waals surface area contributed by atoms with Crippen molar-refractivity contribution in [1.82, 2.24) is 4.90 Å². The number of benzene rings is 1. The van der Waals surface area contributed by atoms with Gasteiger partial charge in [-0.05, 0) is 45.2 Å². The van der Waals surface area contributed by atoms with Crippen LogP contribution in [0.25, 0.3) is 0 Å². The van der Waals surface area contributed by atoms with Gasteiger partial charge in [0.1, 0.15) is 5.54 Å². The molecule has 4 rings (SSSR count). The highest BCUT2D eigenvalue weighted by atomic mass is 16.5. The van der Waals surface area contributed by atoms with E-state index in [4.69, 9.17) is 4.74 Å². The van der Waals surface area contributed by atoms with E-state index in [1.807, 2.05) is 32.0 Å². The molecule has 1 N–H and O–H groups in total. The van der Waals surface area contributed by atoms with Crippen molar-refractivity contribution < 1.29 is 14.3 Å². The van der Waals surface area contributed by atoms with Crippen molar-refractivity contribution in [1.29, 1.82) is 0 Å². The first-order valence-corrected chi connectivity index (χ1v) is 8.44. The minimum Gasteiger partial charge on any atom is -0.466 e. The predicted octanol–water partition coefficient (Wildman–Crippen LogP) is 2.19. The van der Waals surface area contributed by atoms with Crippen molar-refractivity contribution in [2.24, 2.45) is 5.92 Å². The van der Waals surface area contributed by atoms with E-state index in [1.54, 1.807) is 0 Å². The zero-order chi connectivity index (χ0) is 16.2. The molecule has 23 heavy (non-hydrogen) atoms. The third kappa shape index (κ3) is 1.83. The standard InChI is InChI=1S/C18H22N2O3/c1-3-23-16(21)12-10-18(20-9-5-8-14(12)20)13-7-4-6-11(2)15(13)19-17(18)22/h4,6-7,12,14H,3,5,8-10H2,1-2H3,(H,19,22)/t12-,14+,18-/m1/s1. The molecule has 5 heteroatoms. The number of hydrogen-bond acceptors (Lipinski definition) is 4. The van der Waals surface area contributed by atoms with Crippen molar-refractivity contribution in [2.45, 2.75) is 44.7 Å². The zero-order valence-electron chi connectivity index (χ0n) is 13.6. The number of amides is 1. The Kier molecular flexibility index (Phi) is 3.23. The molecule has 3 aliphatic rings. The van der Waals surface area contributed by atoms with Gasteiger partial charge >= 0.3 is 5.97 Å². The number of nitrogens with one attached hydrogen (secondary N) is 1. The molecule has 2 saturated heterocycles. The lowest BCUT2D eigenvalue weighted by molar-refractivity contribution is -0.148. The Morgan fingerprint density at radius 2 is 2.30 bits per heavy atom. The molecule has 1 spiro atoms.